The van der Waals surface area contributed by atoms with Crippen LogP contribution in [0.15, 0.2) is 30.5 Å². The van der Waals surface area contributed by atoms with E-state index in [1.54, 1.807) is 38.6 Å². The predicted molar refractivity (Wildman–Crippen MR) is 90.0 cm³/mol. The van der Waals surface area contributed by atoms with Crippen molar-refractivity contribution in [2.75, 3.05) is 32.6 Å². The van der Waals surface area contributed by atoms with Crippen molar-refractivity contribution in [1.29, 1.82) is 0 Å². The molecule has 0 atom stereocenters. The van der Waals surface area contributed by atoms with Gasteiger partial charge in [0.25, 0.3) is 5.91 Å². The summed E-state index contributed by atoms with van der Waals surface area (Å²) in [4.78, 5) is 22.7. The average Bonchev–Trinajstić information content (AvgIpc) is 3.16. The summed E-state index contributed by atoms with van der Waals surface area (Å²) in [6, 6.07) is 7.05. The van der Waals surface area contributed by atoms with Crippen LogP contribution in [0.2, 0.25) is 0 Å². The molecule has 0 aliphatic carbocycles. The molecule has 7 nitrogen and oxygen atoms in total. The minimum atomic E-state index is -0.0507. The summed E-state index contributed by atoms with van der Waals surface area (Å²) in [6.45, 7) is 1.59. The second kappa shape index (κ2) is 7.16. The molecule has 1 aromatic heterocycles. The van der Waals surface area contributed by atoms with E-state index in [-0.39, 0.29) is 5.91 Å². The molecular formula is C17H20N4O3. The molecule has 2 aromatic rings. The van der Waals surface area contributed by atoms with Crippen LogP contribution in [-0.4, -0.2) is 48.1 Å². The second-order valence-electron chi connectivity index (χ2n) is 5.46. The molecule has 24 heavy (non-hydrogen) atoms. The summed E-state index contributed by atoms with van der Waals surface area (Å²) in [5, 5.41) is 3.09. The number of ether oxygens (including phenoxy) is 2. The fourth-order valence-corrected chi connectivity index (χ4v) is 2.66. The van der Waals surface area contributed by atoms with Gasteiger partial charge in [0.1, 0.15) is 5.69 Å². The van der Waals surface area contributed by atoms with E-state index in [0.29, 0.717) is 23.1 Å². The summed E-state index contributed by atoms with van der Waals surface area (Å²) < 4.78 is 10.5. The van der Waals surface area contributed by atoms with E-state index < -0.39 is 0 Å². The molecule has 0 radical (unpaired) electrons. The Hall–Kier alpha value is -2.83. The van der Waals surface area contributed by atoms with Crippen LogP contribution in [0.5, 0.6) is 11.5 Å². The first-order valence-electron chi connectivity index (χ1n) is 7.82. The molecule has 126 valence electrons. The Morgan fingerprint density at radius 3 is 2.58 bits per heavy atom. The lowest BCUT2D eigenvalue weighted by atomic mass is 10.2. The Morgan fingerprint density at radius 1 is 1.12 bits per heavy atom. The van der Waals surface area contributed by atoms with E-state index in [1.807, 2.05) is 11.0 Å². The molecule has 0 unspecified atom stereocenters. The number of methoxy groups -OCH3 is 2. The molecule has 1 aliphatic rings. The number of hydrogen-bond acceptors (Lipinski definition) is 6. The summed E-state index contributed by atoms with van der Waals surface area (Å²) in [7, 11) is 3.16. The van der Waals surface area contributed by atoms with E-state index >= 15 is 0 Å². The van der Waals surface area contributed by atoms with Gasteiger partial charge in [0.05, 0.1) is 14.2 Å². The van der Waals surface area contributed by atoms with Gasteiger partial charge in [0, 0.05) is 31.0 Å². The Bertz CT molecular complexity index is 730. The SMILES string of the molecule is COc1ccc(Nc2nccc(C(=O)N3CCCC3)n2)cc1OC. The van der Waals surface area contributed by atoms with E-state index in [4.69, 9.17) is 9.47 Å². The lowest BCUT2D eigenvalue weighted by molar-refractivity contribution is 0.0787. The van der Waals surface area contributed by atoms with Crippen LogP contribution in [-0.2, 0) is 0 Å². The first-order chi connectivity index (χ1) is 11.7. The van der Waals surface area contributed by atoms with E-state index in [1.165, 1.54) is 0 Å². The van der Waals surface area contributed by atoms with Crippen LogP contribution >= 0.6 is 0 Å². The van der Waals surface area contributed by atoms with Crippen molar-refractivity contribution in [2.24, 2.45) is 0 Å². The number of likely N-dealkylation sites (tertiary alicyclic amines) is 1. The minimum Gasteiger partial charge on any atom is -0.493 e. The fourth-order valence-electron chi connectivity index (χ4n) is 2.66. The second-order valence-corrected chi connectivity index (χ2v) is 5.46. The van der Waals surface area contributed by atoms with Gasteiger partial charge < -0.3 is 19.7 Å². The van der Waals surface area contributed by atoms with Crippen molar-refractivity contribution in [3.8, 4) is 11.5 Å². The molecule has 1 fully saturated rings. The summed E-state index contributed by atoms with van der Waals surface area (Å²) >= 11 is 0. The number of carbonyl (C=O) groups is 1. The number of rotatable bonds is 5. The van der Waals surface area contributed by atoms with E-state index in [9.17, 15) is 4.79 Å². The highest BCUT2D eigenvalue weighted by Gasteiger charge is 2.20. The summed E-state index contributed by atoms with van der Waals surface area (Å²) in [5.41, 5.74) is 1.15. The quantitative estimate of drug-likeness (QED) is 0.908. The van der Waals surface area contributed by atoms with Gasteiger partial charge in [-0.25, -0.2) is 9.97 Å². The smallest absolute Gasteiger partial charge is 0.272 e. The highest BCUT2D eigenvalue weighted by Crippen LogP contribution is 2.30. The zero-order valence-electron chi connectivity index (χ0n) is 13.8. The number of hydrogen-bond donors (Lipinski definition) is 1. The van der Waals surface area contributed by atoms with Crippen LogP contribution in [0.1, 0.15) is 23.3 Å². The van der Waals surface area contributed by atoms with Crippen molar-refractivity contribution in [2.45, 2.75) is 12.8 Å². The third-order valence-electron chi connectivity index (χ3n) is 3.91. The van der Waals surface area contributed by atoms with Gasteiger partial charge in [0.15, 0.2) is 11.5 Å². The first kappa shape index (κ1) is 16.0. The Balaban J connectivity index is 1.78. The molecule has 1 aromatic carbocycles. The van der Waals surface area contributed by atoms with Gasteiger partial charge in [-0.2, -0.15) is 0 Å². The van der Waals surface area contributed by atoms with Gasteiger partial charge in [0.2, 0.25) is 5.95 Å². The molecule has 1 saturated heterocycles. The standard InChI is InChI=1S/C17H20N4O3/c1-23-14-6-5-12(11-15(14)24-2)19-17-18-8-7-13(20-17)16(22)21-9-3-4-10-21/h5-8,11H,3-4,9-10H2,1-2H3,(H,18,19,20). The van der Waals surface area contributed by atoms with Crippen molar-refractivity contribution in [3.05, 3.63) is 36.2 Å². The van der Waals surface area contributed by atoms with Gasteiger partial charge in [-0.1, -0.05) is 0 Å². The first-order valence-corrected chi connectivity index (χ1v) is 7.82. The summed E-state index contributed by atoms with van der Waals surface area (Å²) in [6.07, 6.45) is 3.68. The zero-order chi connectivity index (χ0) is 16.9. The number of benzene rings is 1. The normalized spacial score (nSPS) is 13.7. The molecule has 3 rings (SSSR count). The Labute approximate surface area is 140 Å². The maximum absolute atomic E-state index is 12.4. The lowest BCUT2D eigenvalue weighted by Crippen LogP contribution is -2.28. The Morgan fingerprint density at radius 2 is 1.88 bits per heavy atom. The molecule has 1 aliphatic heterocycles. The maximum atomic E-state index is 12.4. The van der Waals surface area contributed by atoms with Crippen LogP contribution < -0.4 is 14.8 Å². The van der Waals surface area contributed by atoms with Crippen LogP contribution in [0.25, 0.3) is 0 Å². The average molecular weight is 328 g/mol. The lowest BCUT2D eigenvalue weighted by Gasteiger charge is -2.15. The predicted octanol–water partition coefficient (Wildman–Crippen LogP) is 2.47. The van der Waals surface area contributed by atoms with E-state index in [2.05, 4.69) is 15.3 Å². The molecule has 0 saturated carbocycles. The largest absolute Gasteiger partial charge is 0.493 e. The number of nitrogens with zero attached hydrogens (tertiary/aromatic N) is 3. The molecule has 1 N–H and O–H groups in total. The van der Waals surface area contributed by atoms with Crippen molar-refractivity contribution >= 4 is 17.5 Å². The molecule has 7 heteroatoms. The Kier molecular flexibility index (Phi) is 4.79. The monoisotopic (exact) mass is 328 g/mol. The number of amides is 1. The molecule has 1 amide bonds. The van der Waals surface area contributed by atoms with Crippen LogP contribution in [0.4, 0.5) is 11.6 Å². The number of nitrogens with one attached hydrogen (secondary N) is 1. The number of carbonyl (C=O) groups excluding carboxylic acids is 1. The molecule has 0 spiro atoms. The topological polar surface area (TPSA) is 76.6 Å². The maximum Gasteiger partial charge on any atom is 0.272 e. The van der Waals surface area contributed by atoms with E-state index in [0.717, 1.165) is 31.6 Å². The molecular weight excluding hydrogens is 308 g/mol. The third-order valence-corrected chi connectivity index (χ3v) is 3.91. The minimum absolute atomic E-state index is 0.0507. The van der Waals surface area contributed by atoms with Gasteiger partial charge in [-0.05, 0) is 31.0 Å². The van der Waals surface area contributed by atoms with Crippen molar-refractivity contribution in [1.82, 2.24) is 14.9 Å². The number of anilines is 2. The van der Waals surface area contributed by atoms with Crippen molar-refractivity contribution in [3.63, 3.8) is 0 Å². The fraction of sp³-hybridized carbons (Fsp3) is 0.353. The summed E-state index contributed by atoms with van der Waals surface area (Å²) in [5.74, 6) is 1.56. The van der Waals surface area contributed by atoms with Crippen LogP contribution in [0.3, 0.4) is 0 Å². The highest BCUT2D eigenvalue weighted by atomic mass is 16.5. The van der Waals surface area contributed by atoms with Gasteiger partial charge in [-0.3, -0.25) is 4.79 Å². The van der Waals surface area contributed by atoms with Gasteiger partial charge in [-0.15, -0.1) is 0 Å². The van der Waals surface area contributed by atoms with Crippen molar-refractivity contribution < 1.29 is 14.3 Å². The zero-order valence-corrected chi connectivity index (χ0v) is 13.8. The van der Waals surface area contributed by atoms with Crippen LogP contribution in [0, 0.1) is 0 Å². The molecule has 2 heterocycles. The number of aromatic nitrogens is 2. The van der Waals surface area contributed by atoms with Gasteiger partial charge >= 0.3 is 0 Å². The highest BCUT2D eigenvalue weighted by molar-refractivity contribution is 5.92. The third kappa shape index (κ3) is 3.40. The molecule has 0 bridgehead atoms.